The summed E-state index contributed by atoms with van der Waals surface area (Å²) in [5.41, 5.74) is 0.963. The van der Waals surface area contributed by atoms with Crippen molar-refractivity contribution in [2.24, 2.45) is 0 Å². The molecule has 23 heavy (non-hydrogen) atoms. The molecular weight excluding hydrogens is 294 g/mol. The number of ether oxygens (including phenoxy) is 1. The number of hydrogen-bond donors (Lipinski definition) is 2. The molecule has 3 heterocycles. The molecule has 0 radical (unpaired) electrons. The molecule has 0 aliphatic carbocycles. The Hall–Kier alpha value is -2.41. The van der Waals surface area contributed by atoms with E-state index in [4.69, 9.17) is 4.74 Å². The van der Waals surface area contributed by atoms with E-state index in [9.17, 15) is 5.11 Å². The molecule has 1 fully saturated rings. The molecular formula is C16H21N5O2. The topological polar surface area (TPSA) is 83.4 Å². The van der Waals surface area contributed by atoms with Crippen LogP contribution in [-0.2, 0) is 6.54 Å². The standard InChI is InChI=1S/C16H21N5O2/c1-23-16-12(4-2-6-17-16)9-18-14-8-15(20-11-19-14)21-7-3-5-13(21)10-22/h2,4,6,8,11,13,22H,3,5,7,9-10H2,1H3,(H,18,19,20)/t13-/m1/s1. The van der Waals surface area contributed by atoms with Gasteiger partial charge in [0.15, 0.2) is 0 Å². The van der Waals surface area contributed by atoms with E-state index in [0.717, 1.165) is 36.6 Å². The van der Waals surface area contributed by atoms with Crippen molar-refractivity contribution in [3.05, 3.63) is 36.3 Å². The molecule has 0 unspecified atom stereocenters. The summed E-state index contributed by atoms with van der Waals surface area (Å²) in [4.78, 5) is 14.9. The predicted octanol–water partition coefficient (Wildman–Crippen LogP) is 1.45. The van der Waals surface area contributed by atoms with Crippen LogP contribution in [0.25, 0.3) is 0 Å². The molecule has 0 spiro atoms. The zero-order valence-electron chi connectivity index (χ0n) is 13.1. The monoisotopic (exact) mass is 315 g/mol. The van der Waals surface area contributed by atoms with E-state index in [1.54, 1.807) is 19.6 Å². The lowest BCUT2D eigenvalue weighted by atomic mass is 10.2. The van der Waals surface area contributed by atoms with Gasteiger partial charge < -0.3 is 20.1 Å². The van der Waals surface area contributed by atoms with Gasteiger partial charge in [-0.25, -0.2) is 15.0 Å². The molecule has 0 amide bonds. The molecule has 7 heteroatoms. The van der Waals surface area contributed by atoms with Gasteiger partial charge in [-0.2, -0.15) is 0 Å². The third-order valence-corrected chi connectivity index (χ3v) is 4.04. The van der Waals surface area contributed by atoms with Crippen molar-refractivity contribution >= 4 is 11.6 Å². The third-order valence-electron chi connectivity index (χ3n) is 4.04. The summed E-state index contributed by atoms with van der Waals surface area (Å²) in [6.07, 6.45) is 5.32. The molecule has 122 valence electrons. The van der Waals surface area contributed by atoms with Gasteiger partial charge >= 0.3 is 0 Å². The Balaban J connectivity index is 1.70. The van der Waals surface area contributed by atoms with Crippen LogP contribution in [0.2, 0.25) is 0 Å². The largest absolute Gasteiger partial charge is 0.481 e. The van der Waals surface area contributed by atoms with E-state index in [0.29, 0.717) is 12.4 Å². The normalized spacial score (nSPS) is 17.3. The lowest BCUT2D eigenvalue weighted by molar-refractivity contribution is 0.266. The molecule has 1 atom stereocenters. The highest BCUT2D eigenvalue weighted by Gasteiger charge is 2.25. The van der Waals surface area contributed by atoms with Crippen LogP contribution in [0.1, 0.15) is 18.4 Å². The van der Waals surface area contributed by atoms with Crippen molar-refractivity contribution in [3.63, 3.8) is 0 Å². The first-order chi connectivity index (χ1) is 11.3. The number of pyridine rings is 1. The fourth-order valence-corrected chi connectivity index (χ4v) is 2.86. The van der Waals surface area contributed by atoms with Crippen molar-refractivity contribution in [2.75, 3.05) is 30.5 Å². The van der Waals surface area contributed by atoms with Crippen LogP contribution in [0.15, 0.2) is 30.7 Å². The first kappa shape index (κ1) is 15.5. The van der Waals surface area contributed by atoms with E-state index in [2.05, 4.69) is 25.2 Å². The average molecular weight is 315 g/mol. The highest BCUT2D eigenvalue weighted by Crippen LogP contribution is 2.25. The van der Waals surface area contributed by atoms with E-state index < -0.39 is 0 Å². The molecule has 1 saturated heterocycles. The molecule has 2 N–H and O–H groups in total. The summed E-state index contributed by atoms with van der Waals surface area (Å²) in [5.74, 6) is 2.19. The molecule has 2 aromatic rings. The fourth-order valence-electron chi connectivity index (χ4n) is 2.86. The second kappa shape index (κ2) is 7.23. The predicted molar refractivity (Wildman–Crippen MR) is 87.6 cm³/mol. The molecule has 1 aliphatic heterocycles. The number of hydrogen-bond acceptors (Lipinski definition) is 7. The first-order valence-electron chi connectivity index (χ1n) is 7.73. The van der Waals surface area contributed by atoms with Crippen molar-refractivity contribution in [1.82, 2.24) is 15.0 Å². The highest BCUT2D eigenvalue weighted by molar-refractivity contribution is 5.50. The highest BCUT2D eigenvalue weighted by atomic mass is 16.5. The van der Waals surface area contributed by atoms with Crippen LogP contribution in [0, 0.1) is 0 Å². The van der Waals surface area contributed by atoms with Gasteiger partial charge in [0, 0.05) is 30.9 Å². The Morgan fingerprint density at radius 3 is 3.13 bits per heavy atom. The minimum absolute atomic E-state index is 0.149. The van der Waals surface area contributed by atoms with Crippen molar-refractivity contribution in [3.8, 4) is 5.88 Å². The lowest BCUT2D eigenvalue weighted by Crippen LogP contribution is -2.32. The van der Waals surface area contributed by atoms with E-state index in [1.165, 1.54) is 0 Å². The quantitative estimate of drug-likeness (QED) is 0.835. The smallest absolute Gasteiger partial charge is 0.218 e. The number of rotatable bonds is 6. The minimum atomic E-state index is 0.149. The zero-order valence-corrected chi connectivity index (χ0v) is 13.1. The van der Waals surface area contributed by atoms with E-state index in [-0.39, 0.29) is 12.6 Å². The van der Waals surface area contributed by atoms with Gasteiger partial charge in [-0.15, -0.1) is 0 Å². The molecule has 0 saturated carbocycles. The van der Waals surface area contributed by atoms with Crippen LogP contribution < -0.4 is 15.0 Å². The average Bonchev–Trinajstić information content (AvgIpc) is 3.09. The van der Waals surface area contributed by atoms with Crippen molar-refractivity contribution < 1.29 is 9.84 Å². The Morgan fingerprint density at radius 1 is 1.39 bits per heavy atom. The van der Waals surface area contributed by atoms with Crippen LogP contribution in [0.4, 0.5) is 11.6 Å². The first-order valence-corrected chi connectivity index (χ1v) is 7.73. The number of nitrogens with zero attached hydrogens (tertiary/aromatic N) is 4. The molecule has 7 nitrogen and oxygen atoms in total. The maximum atomic E-state index is 9.46. The van der Waals surface area contributed by atoms with Crippen LogP contribution in [0.3, 0.4) is 0 Å². The van der Waals surface area contributed by atoms with E-state index in [1.807, 2.05) is 18.2 Å². The number of aliphatic hydroxyl groups is 1. The Bertz CT molecular complexity index is 652. The maximum Gasteiger partial charge on any atom is 0.218 e. The maximum absolute atomic E-state index is 9.46. The Kier molecular flexibility index (Phi) is 4.87. The summed E-state index contributed by atoms with van der Waals surface area (Å²) >= 11 is 0. The number of anilines is 2. The SMILES string of the molecule is COc1ncccc1CNc1cc(N2CCC[C@@H]2CO)ncn1. The van der Waals surface area contributed by atoms with Gasteiger partial charge in [0.05, 0.1) is 19.8 Å². The molecule has 3 rings (SSSR count). The van der Waals surface area contributed by atoms with Crippen LogP contribution in [0.5, 0.6) is 5.88 Å². The second-order valence-electron chi connectivity index (χ2n) is 5.46. The van der Waals surface area contributed by atoms with Crippen LogP contribution >= 0.6 is 0 Å². The Labute approximate surface area is 135 Å². The number of aromatic nitrogens is 3. The van der Waals surface area contributed by atoms with Gasteiger partial charge in [-0.1, -0.05) is 6.07 Å². The van der Waals surface area contributed by atoms with Gasteiger partial charge in [0.25, 0.3) is 0 Å². The molecule has 2 aromatic heterocycles. The van der Waals surface area contributed by atoms with Crippen LogP contribution in [-0.4, -0.2) is 46.4 Å². The lowest BCUT2D eigenvalue weighted by Gasteiger charge is -2.24. The van der Waals surface area contributed by atoms with Crippen molar-refractivity contribution in [2.45, 2.75) is 25.4 Å². The zero-order chi connectivity index (χ0) is 16.1. The number of nitrogens with one attached hydrogen (secondary N) is 1. The molecule has 0 aromatic carbocycles. The fraction of sp³-hybridized carbons (Fsp3) is 0.438. The summed E-state index contributed by atoms with van der Waals surface area (Å²) in [7, 11) is 1.61. The minimum Gasteiger partial charge on any atom is -0.481 e. The summed E-state index contributed by atoms with van der Waals surface area (Å²) in [6.45, 7) is 1.63. The van der Waals surface area contributed by atoms with Gasteiger partial charge in [-0.3, -0.25) is 0 Å². The van der Waals surface area contributed by atoms with Gasteiger partial charge in [0.2, 0.25) is 5.88 Å². The summed E-state index contributed by atoms with van der Waals surface area (Å²) < 4.78 is 5.25. The molecule has 1 aliphatic rings. The second-order valence-corrected chi connectivity index (χ2v) is 5.46. The summed E-state index contributed by atoms with van der Waals surface area (Å²) in [6, 6.07) is 5.90. The van der Waals surface area contributed by atoms with Gasteiger partial charge in [0.1, 0.15) is 18.0 Å². The van der Waals surface area contributed by atoms with E-state index >= 15 is 0 Å². The number of methoxy groups -OCH3 is 1. The summed E-state index contributed by atoms with van der Waals surface area (Å²) in [5, 5.41) is 12.7. The van der Waals surface area contributed by atoms with Gasteiger partial charge in [-0.05, 0) is 18.9 Å². The number of aliphatic hydroxyl groups excluding tert-OH is 1. The third kappa shape index (κ3) is 3.50. The van der Waals surface area contributed by atoms with Crippen molar-refractivity contribution in [1.29, 1.82) is 0 Å². The molecule has 0 bridgehead atoms. The Morgan fingerprint density at radius 2 is 2.30 bits per heavy atom.